The van der Waals surface area contributed by atoms with E-state index in [4.69, 9.17) is 0 Å². The van der Waals surface area contributed by atoms with Crippen molar-refractivity contribution in [2.45, 2.75) is 45.1 Å². The number of aliphatic hydroxyl groups excluding tert-OH is 1. The van der Waals surface area contributed by atoms with E-state index in [1.54, 1.807) is 0 Å². The van der Waals surface area contributed by atoms with Crippen LogP contribution in [-0.4, -0.2) is 5.11 Å². The lowest BCUT2D eigenvalue weighted by molar-refractivity contribution is 0.00579. The van der Waals surface area contributed by atoms with Crippen LogP contribution in [0.1, 0.15) is 50.7 Å². The average molecular weight is 240 g/mol. The van der Waals surface area contributed by atoms with Crippen LogP contribution in [-0.2, 0) is 0 Å². The summed E-state index contributed by atoms with van der Waals surface area (Å²) in [7, 11) is 0. The molecular formula is C14H18F2O. The zero-order valence-electron chi connectivity index (χ0n) is 10.0. The highest BCUT2D eigenvalue weighted by atomic mass is 19.1. The Bertz CT molecular complexity index is 397. The molecule has 3 heteroatoms. The Hall–Kier alpha value is -0.960. The number of benzene rings is 1. The fourth-order valence-corrected chi connectivity index (χ4v) is 2.73. The third kappa shape index (κ3) is 2.49. The van der Waals surface area contributed by atoms with E-state index in [0.717, 1.165) is 31.7 Å². The Morgan fingerprint density at radius 1 is 1.18 bits per heavy atom. The number of hydrogen-bond donors (Lipinski definition) is 1. The van der Waals surface area contributed by atoms with Gasteiger partial charge in [0.2, 0.25) is 0 Å². The van der Waals surface area contributed by atoms with Gasteiger partial charge >= 0.3 is 0 Å². The fraction of sp³-hybridized carbons (Fsp3) is 0.571. The largest absolute Gasteiger partial charge is 0.388 e. The van der Waals surface area contributed by atoms with Crippen molar-refractivity contribution >= 4 is 0 Å². The second-order valence-corrected chi connectivity index (χ2v) is 5.28. The molecule has 0 amide bonds. The van der Waals surface area contributed by atoms with E-state index < -0.39 is 17.7 Å². The summed E-state index contributed by atoms with van der Waals surface area (Å²) in [6.45, 7) is 1.99. The van der Waals surface area contributed by atoms with Gasteiger partial charge in [0.25, 0.3) is 0 Å². The van der Waals surface area contributed by atoms with Gasteiger partial charge in [-0.05, 0) is 24.3 Å². The summed E-state index contributed by atoms with van der Waals surface area (Å²) in [4.78, 5) is 0. The molecule has 1 aliphatic rings. The van der Waals surface area contributed by atoms with E-state index in [1.807, 2.05) is 6.92 Å². The SMILES string of the molecule is CC1(C(O)c2ccc(F)cc2F)CCCCC1. The van der Waals surface area contributed by atoms with E-state index in [2.05, 4.69) is 0 Å². The quantitative estimate of drug-likeness (QED) is 0.829. The molecule has 0 heterocycles. The van der Waals surface area contributed by atoms with E-state index in [9.17, 15) is 13.9 Å². The lowest BCUT2D eigenvalue weighted by Crippen LogP contribution is -2.28. The van der Waals surface area contributed by atoms with Crippen LogP contribution in [0.4, 0.5) is 8.78 Å². The van der Waals surface area contributed by atoms with Crippen molar-refractivity contribution in [2.24, 2.45) is 5.41 Å². The second kappa shape index (κ2) is 4.73. The minimum Gasteiger partial charge on any atom is -0.388 e. The van der Waals surface area contributed by atoms with E-state index in [1.165, 1.54) is 18.6 Å². The first kappa shape index (κ1) is 12.5. The lowest BCUT2D eigenvalue weighted by atomic mass is 9.70. The molecule has 17 heavy (non-hydrogen) atoms. The highest BCUT2D eigenvalue weighted by Gasteiger charge is 2.36. The molecule has 2 rings (SSSR count). The summed E-state index contributed by atoms with van der Waals surface area (Å²) in [5.41, 5.74) is -0.0625. The van der Waals surface area contributed by atoms with E-state index in [-0.39, 0.29) is 11.0 Å². The third-order valence-electron chi connectivity index (χ3n) is 3.91. The summed E-state index contributed by atoms with van der Waals surface area (Å²) in [5.74, 6) is -1.25. The van der Waals surface area contributed by atoms with Gasteiger partial charge in [-0.2, -0.15) is 0 Å². The molecule has 0 radical (unpaired) electrons. The number of hydrogen-bond acceptors (Lipinski definition) is 1. The van der Waals surface area contributed by atoms with Crippen LogP contribution in [0.3, 0.4) is 0 Å². The van der Waals surface area contributed by atoms with Crippen LogP contribution in [0.2, 0.25) is 0 Å². The maximum Gasteiger partial charge on any atom is 0.131 e. The summed E-state index contributed by atoms with van der Waals surface area (Å²) < 4.78 is 26.5. The van der Waals surface area contributed by atoms with E-state index in [0.29, 0.717) is 0 Å². The Balaban J connectivity index is 2.26. The number of rotatable bonds is 2. The molecule has 1 fully saturated rings. The Labute approximate surface area is 100 Å². The van der Waals surface area contributed by atoms with Crippen LogP contribution >= 0.6 is 0 Å². The molecule has 1 atom stereocenters. The maximum atomic E-state index is 13.6. The number of aliphatic hydroxyl groups is 1. The molecule has 0 aliphatic heterocycles. The van der Waals surface area contributed by atoms with Crippen LogP contribution in [0, 0.1) is 17.0 Å². The van der Waals surface area contributed by atoms with Crippen molar-refractivity contribution in [3.8, 4) is 0 Å². The van der Waals surface area contributed by atoms with Crippen LogP contribution in [0.5, 0.6) is 0 Å². The van der Waals surface area contributed by atoms with Gasteiger partial charge in [0, 0.05) is 11.6 Å². The molecule has 1 aromatic carbocycles. The van der Waals surface area contributed by atoms with E-state index >= 15 is 0 Å². The maximum absolute atomic E-state index is 13.6. The molecular weight excluding hydrogens is 222 g/mol. The van der Waals surface area contributed by atoms with Gasteiger partial charge in [-0.3, -0.25) is 0 Å². The Morgan fingerprint density at radius 3 is 2.41 bits per heavy atom. The summed E-state index contributed by atoms with van der Waals surface area (Å²) >= 11 is 0. The molecule has 0 aromatic heterocycles. The zero-order valence-corrected chi connectivity index (χ0v) is 10.0. The third-order valence-corrected chi connectivity index (χ3v) is 3.91. The predicted octanol–water partition coefficient (Wildman–Crippen LogP) is 3.97. The Kier molecular flexibility index (Phi) is 3.48. The molecule has 0 bridgehead atoms. The van der Waals surface area contributed by atoms with Crippen LogP contribution < -0.4 is 0 Å². The fourth-order valence-electron chi connectivity index (χ4n) is 2.73. The molecule has 1 saturated carbocycles. The minimum absolute atomic E-state index is 0.218. The molecule has 1 N–H and O–H groups in total. The molecule has 1 aromatic rings. The molecule has 0 saturated heterocycles. The summed E-state index contributed by atoms with van der Waals surface area (Å²) in [6.07, 6.45) is 4.25. The van der Waals surface area contributed by atoms with Gasteiger partial charge in [-0.1, -0.05) is 32.3 Å². The van der Waals surface area contributed by atoms with Crippen molar-refractivity contribution in [1.29, 1.82) is 0 Å². The van der Waals surface area contributed by atoms with Crippen molar-refractivity contribution < 1.29 is 13.9 Å². The highest BCUT2D eigenvalue weighted by Crippen LogP contribution is 2.46. The number of halogens is 2. The summed E-state index contributed by atoms with van der Waals surface area (Å²) in [5, 5.41) is 10.3. The van der Waals surface area contributed by atoms with Gasteiger partial charge in [0.05, 0.1) is 6.10 Å². The van der Waals surface area contributed by atoms with Gasteiger partial charge in [-0.25, -0.2) is 8.78 Å². The zero-order chi connectivity index (χ0) is 12.5. The first-order valence-electron chi connectivity index (χ1n) is 6.16. The monoisotopic (exact) mass is 240 g/mol. The predicted molar refractivity (Wildman–Crippen MR) is 62.5 cm³/mol. The topological polar surface area (TPSA) is 20.2 Å². The summed E-state index contributed by atoms with van der Waals surface area (Å²) in [6, 6.07) is 3.40. The molecule has 1 nitrogen and oxygen atoms in total. The standard InChI is InChI=1S/C14H18F2O/c1-14(7-3-2-4-8-14)13(17)11-6-5-10(15)9-12(11)16/h5-6,9,13,17H,2-4,7-8H2,1H3. The lowest BCUT2D eigenvalue weighted by Gasteiger charge is -2.38. The van der Waals surface area contributed by atoms with Crippen molar-refractivity contribution in [3.05, 3.63) is 35.4 Å². The molecule has 0 spiro atoms. The van der Waals surface area contributed by atoms with Crippen molar-refractivity contribution in [1.82, 2.24) is 0 Å². The highest BCUT2D eigenvalue weighted by molar-refractivity contribution is 5.22. The smallest absolute Gasteiger partial charge is 0.131 e. The molecule has 1 aliphatic carbocycles. The van der Waals surface area contributed by atoms with Gasteiger partial charge in [0.15, 0.2) is 0 Å². The average Bonchev–Trinajstić information content (AvgIpc) is 2.29. The van der Waals surface area contributed by atoms with Crippen molar-refractivity contribution in [3.63, 3.8) is 0 Å². The van der Waals surface area contributed by atoms with Crippen LogP contribution in [0.25, 0.3) is 0 Å². The second-order valence-electron chi connectivity index (χ2n) is 5.28. The van der Waals surface area contributed by atoms with Gasteiger partial charge in [-0.15, -0.1) is 0 Å². The molecule has 1 unspecified atom stereocenters. The first-order chi connectivity index (χ1) is 8.03. The minimum atomic E-state index is -0.844. The van der Waals surface area contributed by atoms with Gasteiger partial charge in [0.1, 0.15) is 11.6 Å². The first-order valence-corrected chi connectivity index (χ1v) is 6.16. The van der Waals surface area contributed by atoms with Gasteiger partial charge < -0.3 is 5.11 Å². The molecule has 94 valence electrons. The van der Waals surface area contributed by atoms with Crippen LogP contribution in [0.15, 0.2) is 18.2 Å². The van der Waals surface area contributed by atoms with Crippen molar-refractivity contribution in [2.75, 3.05) is 0 Å². The normalized spacial score (nSPS) is 21.2. The Morgan fingerprint density at radius 2 is 1.82 bits per heavy atom.